The molecule has 3 nitrogen and oxygen atoms in total. The molecule has 1 amide bonds. The van der Waals surface area contributed by atoms with Gasteiger partial charge in [-0.1, -0.05) is 32.0 Å². The predicted molar refractivity (Wildman–Crippen MR) is 76.9 cm³/mol. The molecule has 0 bridgehead atoms. The van der Waals surface area contributed by atoms with Crippen LogP contribution in [0.3, 0.4) is 0 Å². The van der Waals surface area contributed by atoms with E-state index in [1.807, 2.05) is 6.07 Å². The number of aryl methyl sites for hydroxylation is 1. The quantitative estimate of drug-likeness (QED) is 0.852. The number of nitrogens with two attached hydrogens (primary N) is 1. The van der Waals surface area contributed by atoms with Crippen molar-refractivity contribution in [3.05, 3.63) is 35.5 Å². The van der Waals surface area contributed by atoms with Crippen LogP contribution in [0.1, 0.15) is 37.9 Å². The number of benzene rings is 1. The van der Waals surface area contributed by atoms with Crippen LogP contribution in [0.2, 0.25) is 0 Å². The molecule has 1 aliphatic rings. The Bertz CT molecular complexity index is 643. The van der Waals surface area contributed by atoms with Crippen LogP contribution in [0, 0.1) is 5.92 Å². The van der Waals surface area contributed by atoms with Crippen molar-refractivity contribution in [3.8, 4) is 0 Å². The standard InChI is InChI=1S/C16H20N2O/c1-10-7-8-12-11-5-3-4-6-13(11)18-15(12)16(10,2)9-14(17)19/h3-6,10,18H,7-9H2,1-2H3,(H2,17,19). The molecule has 3 heteroatoms. The maximum atomic E-state index is 11.5. The zero-order valence-electron chi connectivity index (χ0n) is 11.5. The van der Waals surface area contributed by atoms with Gasteiger partial charge in [-0.3, -0.25) is 4.79 Å². The topological polar surface area (TPSA) is 58.9 Å². The van der Waals surface area contributed by atoms with Crippen LogP contribution in [-0.2, 0) is 16.6 Å². The van der Waals surface area contributed by atoms with Crippen molar-refractivity contribution in [1.29, 1.82) is 0 Å². The number of carbonyl (C=O) groups excluding carboxylic acids is 1. The molecule has 0 fully saturated rings. The van der Waals surface area contributed by atoms with Crippen LogP contribution in [0.5, 0.6) is 0 Å². The molecule has 19 heavy (non-hydrogen) atoms. The summed E-state index contributed by atoms with van der Waals surface area (Å²) in [6, 6.07) is 8.37. The van der Waals surface area contributed by atoms with Crippen molar-refractivity contribution in [1.82, 2.24) is 4.98 Å². The number of carbonyl (C=O) groups is 1. The maximum Gasteiger partial charge on any atom is 0.218 e. The van der Waals surface area contributed by atoms with Crippen LogP contribution in [-0.4, -0.2) is 10.9 Å². The summed E-state index contributed by atoms with van der Waals surface area (Å²) >= 11 is 0. The minimum absolute atomic E-state index is 0.168. The van der Waals surface area contributed by atoms with Gasteiger partial charge in [0.1, 0.15) is 0 Å². The van der Waals surface area contributed by atoms with Gasteiger partial charge in [-0.2, -0.15) is 0 Å². The highest BCUT2D eigenvalue weighted by molar-refractivity contribution is 5.86. The Labute approximate surface area is 113 Å². The Morgan fingerprint density at radius 1 is 1.47 bits per heavy atom. The maximum absolute atomic E-state index is 11.5. The molecule has 0 aliphatic heterocycles. The van der Waals surface area contributed by atoms with Gasteiger partial charge in [0.2, 0.25) is 5.91 Å². The normalized spacial score (nSPS) is 26.3. The molecule has 0 radical (unpaired) electrons. The Hall–Kier alpha value is -1.77. The molecule has 0 saturated carbocycles. The molecule has 0 saturated heterocycles. The van der Waals surface area contributed by atoms with Crippen molar-refractivity contribution >= 4 is 16.8 Å². The summed E-state index contributed by atoms with van der Waals surface area (Å²) < 4.78 is 0. The summed E-state index contributed by atoms with van der Waals surface area (Å²) in [6.45, 7) is 4.38. The van der Waals surface area contributed by atoms with E-state index in [4.69, 9.17) is 5.73 Å². The summed E-state index contributed by atoms with van der Waals surface area (Å²) in [4.78, 5) is 15.0. The van der Waals surface area contributed by atoms with Gasteiger partial charge in [-0.15, -0.1) is 0 Å². The fourth-order valence-electron chi connectivity index (χ4n) is 3.50. The van der Waals surface area contributed by atoms with Crippen molar-refractivity contribution < 1.29 is 4.79 Å². The summed E-state index contributed by atoms with van der Waals surface area (Å²) in [5.74, 6) is 0.237. The van der Waals surface area contributed by atoms with Crippen LogP contribution in [0.4, 0.5) is 0 Å². The largest absolute Gasteiger partial charge is 0.370 e. The van der Waals surface area contributed by atoms with Crippen LogP contribution >= 0.6 is 0 Å². The van der Waals surface area contributed by atoms with Gasteiger partial charge < -0.3 is 10.7 Å². The smallest absolute Gasteiger partial charge is 0.218 e. The van der Waals surface area contributed by atoms with Gasteiger partial charge in [-0.25, -0.2) is 0 Å². The fraction of sp³-hybridized carbons (Fsp3) is 0.438. The van der Waals surface area contributed by atoms with E-state index in [1.54, 1.807) is 0 Å². The lowest BCUT2D eigenvalue weighted by atomic mass is 9.66. The lowest BCUT2D eigenvalue weighted by molar-refractivity contribution is -0.119. The SMILES string of the molecule is CC1CCc2c([nH]c3ccccc23)C1(C)CC(N)=O. The lowest BCUT2D eigenvalue weighted by Crippen LogP contribution is -2.39. The number of aromatic amines is 1. The molecular weight excluding hydrogens is 236 g/mol. The van der Waals surface area contributed by atoms with Gasteiger partial charge >= 0.3 is 0 Å². The van der Waals surface area contributed by atoms with E-state index in [0.29, 0.717) is 12.3 Å². The summed E-state index contributed by atoms with van der Waals surface area (Å²) in [6.07, 6.45) is 2.60. The molecule has 3 rings (SSSR count). The summed E-state index contributed by atoms with van der Waals surface area (Å²) in [7, 11) is 0. The second kappa shape index (κ2) is 4.12. The van der Waals surface area contributed by atoms with E-state index in [1.165, 1.54) is 16.6 Å². The third-order valence-electron chi connectivity index (χ3n) is 4.84. The number of primary amides is 1. The second-order valence-electron chi connectivity index (χ2n) is 6.02. The average Bonchev–Trinajstić information content (AvgIpc) is 2.73. The molecule has 2 unspecified atom stereocenters. The third kappa shape index (κ3) is 1.76. The predicted octanol–water partition coefficient (Wildman–Crippen LogP) is 2.88. The molecule has 0 spiro atoms. The van der Waals surface area contributed by atoms with Crippen LogP contribution in [0.15, 0.2) is 24.3 Å². The zero-order valence-corrected chi connectivity index (χ0v) is 11.5. The van der Waals surface area contributed by atoms with E-state index in [-0.39, 0.29) is 11.3 Å². The van der Waals surface area contributed by atoms with Gasteiger partial charge in [0, 0.05) is 28.4 Å². The van der Waals surface area contributed by atoms with Crippen molar-refractivity contribution in [2.24, 2.45) is 11.7 Å². The van der Waals surface area contributed by atoms with E-state index in [0.717, 1.165) is 18.4 Å². The molecule has 1 aliphatic carbocycles. The monoisotopic (exact) mass is 256 g/mol. The van der Waals surface area contributed by atoms with Gasteiger partial charge in [0.25, 0.3) is 0 Å². The Balaban J connectivity index is 2.22. The molecule has 3 N–H and O–H groups in total. The highest BCUT2D eigenvalue weighted by Gasteiger charge is 2.41. The minimum Gasteiger partial charge on any atom is -0.370 e. The first kappa shape index (κ1) is 12.3. The van der Waals surface area contributed by atoms with Crippen LogP contribution in [0.25, 0.3) is 10.9 Å². The molecule has 1 heterocycles. The zero-order chi connectivity index (χ0) is 13.6. The number of hydrogen-bond acceptors (Lipinski definition) is 1. The van der Waals surface area contributed by atoms with E-state index in [9.17, 15) is 4.79 Å². The minimum atomic E-state index is -0.221. The van der Waals surface area contributed by atoms with Crippen molar-refractivity contribution in [3.63, 3.8) is 0 Å². The van der Waals surface area contributed by atoms with Gasteiger partial charge in [0.05, 0.1) is 0 Å². The number of aromatic nitrogens is 1. The van der Waals surface area contributed by atoms with E-state index < -0.39 is 0 Å². The average molecular weight is 256 g/mol. The number of H-pyrrole nitrogens is 1. The molecule has 1 aromatic heterocycles. The molecule has 2 aromatic rings. The third-order valence-corrected chi connectivity index (χ3v) is 4.84. The fourth-order valence-corrected chi connectivity index (χ4v) is 3.50. The van der Waals surface area contributed by atoms with E-state index in [2.05, 4.69) is 37.0 Å². The lowest BCUT2D eigenvalue weighted by Gasteiger charge is -2.39. The van der Waals surface area contributed by atoms with Gasteiger partial charge in [-0.05, 0) is 30.4 Å². The Kier molecular flexibility index (Phi) is 2.66. The number of hydrogen-bond donors (Lipinski definition) is 2. The first-order valence-electron chi connectivity index (χ1n) is 6.91. The number of para-hydroxylation sites is 1. The van der Waals surface area contributed by atoms with Crippen LogP contribution < -0.4 is 5.73 Å². The molecule has 2 atom stereocenters. The molecular formula is C16H20N2O. The Morgan fingerprint density at radius 3 is 2.95 bits per heavy atom. The number of rotatable bonds is 2. The second-order valence-corrected chi connectivity index (χ2v) is 6.02. The molecule has 100 valence electrons. The van der Waals surface area contributed by atoms with Crippen molar-refractivity contribution in [2.45, 2.75) is 38.5 Å². The molecule has 1 aromatic carbocycles. The van der Waals surface area contributed by atoms with E-state index >= 15 is 0 Å². The number of fused-ring (bicyclic) bond motifs is 3. The first-order valence-corrected chi connectivity index (χ1v) is 6.91. The van der Waals surface area contributed by atoms with Crippen molar-refractivity contribution in [2.75, 3.05) is 0 Å². The number of amides is 1. The van der Waals surface area contributed by atoms with Gasteiger partial charge in [0.15, 0.2) is 0 Å². The Morgan fingerprint density at radius 2 is 2.21 bits per heavy atom. The summed E-state index contributed by atoms with van der Waals surface area (Å²) in [5, 5.41) is 1.29. The highest BCUT2D eigenvalue weighted by Crippen LogP contribution is 2.45. The number of nitrogens with one attached hydrogen (secondary N) is 1. The highest BCUT2D eigenvalue weighted by atomic mass is 16.1. The first-order chi connectivity index (χ1) is 9.02. The summed E-state index contributed by atoms with van der Waals surface area (Å²) in [5.41, 5.74) is 9.05.